The minimum absolute atomic E-state index is 0.135. The summed E-state index contributed by atoms with van der Waals surface area (Å²) in [4.78, 5) is 11.5. The molecule has 1 aliphatic carbocycles. The Morgan fingerprint density at radius 1 is 1.50 bits per heavy atom. The fourth-order valence-electron chi connectivity index (χ4n) is 1.53. The van der Waals surface area contributed by atoms with Crippen LogP contribution in [0.5, 0.6) is 0 Å². The number of aliphatic hydroxyl groups excluding tert-OH is 1. The Morgan fingerprint density at radius 2 is 2.21 bits per heavy atom. The zero-order chi connectivity index (χ0) is 10.4. The molecule has 1 aliphatic rings. The molecule has 0 aromatic heterocycles. The third-order valence-electron chi connectivity index (χ3n) is 2.73. The highest BCUT2D eigenvalue weighted by Gasteiger charge is 2.44. The van der Waals surface area contributed by atoms with Gasteiger partial charge in [-0.3, -0.25) is 4.79 Å². The number of nitrogens with one attached hydrogen (secondary N) is 1. The van der Waals surface area contributed by atoms with E-state index in [-0.39, 0.29) is 12.5 Å². The highest BCUT2D eigenvalue weighted by atomic mass is 16.2. The fourth-order valence-corrected chi connectivity index (χ4v) is 1.53. The third kappa shape index (κ3) is 2.24. The number of nitrogens with zero attached hydrogens (tertiary/aromatic N) is 1. The lowest BCUT2D eigenvalue weighted by molar-refractivity contribution is -0.131. The highest BCUT2D eigenvalue weighted by molar-refractivity contribution is 5.86. The molecule has 1 saturated carbocycles. The first-order valence-electron chi connectivity index (χ1n) is 5.05. The molecule has 0 aliphatic heterocycles. The van der Waals surface area contributed by atoms with Crippen LogP contribution in [-0.4, -0.2) is 24.2 Å². The standard InChI is InChI=1S/C10H16N2O2/c11-8-10(4-3-5-10)9(14)12-6-1-2-7-13/h13H,1-7H2,(H,12,14). The Hall–Kier alpha value is -1.08. The largest absolute Gasteiger partial charge is 0.396 e. The monoisotopic (exact) mass is 196 g/mol. The van der Waals surface area contributed by atoms with Crippen molar-refractivity contribution in [2.24, 2.45) is 5.41 Å². The average molecular weight is 196 g/mol. The summed E-state index contributed by atoms with van der Waals surface area (Å²) in [6, 6.07) is 2.09. The molecule has 0 atom stereocenters. The van der Waals surface area contributed by atoms with Gasteiger partial charge in [-0.25, -0.2) is 0 Å². The van der Waals surface area contributed by atoms with Gasteiger partial charge >= 0.3 is 0 Å². The van der Waals surface area contributed by atoms with E-state index in [2.05, 4.69) is 11.4 Å². The molecule has 0 radical (unpaired) electrons. The lowest BCUT2D eigenvalue weighted by Gasteiger charge is -2.33. The van der Waals surface area contributed by atoms with Crippen molar-refractivity contribution < 1.29 is 9.90 Å². The summed E-state index contributed by atoms with van der Waals surface area (Å²) in [5, 5.41) is 20.1. The van der Waals surface area contributed by atoms with Crippen LogP contribution in [0.15, 0.2) is 0 Å². The number of aliphatic hydroxyl groups is 1. The van der Waals surface area contributed by atoms with Crippen LogP contribution in [0.25, 0.3) is 0 Å². The SMILES string of the molecule is N#CC1(C(=O)NCCCCO)CCC1. The number of hydrogen-bond acceptors (Lipinski definition) is 3. The first kappa shape index (κ1) is 11.0. The van der Waals surface area contributed by atoms with Crippen molar-refractivity contribution in [3.8, 4) is 6.07 Å². The summed E-state index contributed by atoms with van der Waals surface area (Å²) in [5.74, 6) is -0.135. The van der Waals surface area contributed by atoms with E-state index in [1.54, 1.807) is 0 Å². The Bertz CT molecular complexity index is 241. The van der Waals surface area contributed by atoms with Gasteiger partial charge < -0.3 is 10.4 Å². The van der Waals surface area contributed by atoms with Gasteiger partial charge in [0.15, 0.2) is 0 Å². The van der Waals surface area contributed by atoms with Crippen molar-refractivity contribution in [2.45, 2.75) is 32.1 Å². The Kier molecular flexibility index (Phi) is 3.90. The van der Waals surface area contributed by atoms with Gasteiger partial charge in [0.2, 0.25) is 5.91 Å². The molecular formula is C10H16N2O2. The number of amides is 1. The lowest BCUT2D eigenvalue weighted by atomic mass is 9.69. The molecule has 4 heteroatoms. The fraction of sp³-hybridized carbons (Fsp3) is 0.800. The maximum atomic E-state index is 11.5. The molecule has 0 spiro atoms. The van der Waals surface area contributed by atoms with Crippen LogP contribution in [0.2, 0.25) is 0 Å². The number of rotatable bonds is 5. The predicted octanol–water partition coefficient (Wildman–Crippen LogP) is 0.569. The summed E-state index contributed by atoms with van der Waals surface area (Å²) in [7, 11) is 0. The second-order valence-electron chi connectivity index (χ2n) is 3.73. The molecule has 0 unspecified atom stereocenters. The molecular weight excluding hydrogens is 180 g/mol. The summed E-state index contributed by atoms with van der Waals surface area (Å²) < 4.78 is 0. The van der Waals surface area contributed by atoms with Crippen LogP contribution in [0.1, 0.15) is 32.1 Å². The minimum atomic E-state index is -0.737. The van der Waals surface area contributed by atoms with E-state index in [0.717, 1.165) is 12.8 Å². The number of unbranched alkanes of at least 4 members (excludes halogenated alkanes) is 1. The molecule has 0 heterocycles. The van der Waals surface area contributed by atoms with Crippen LogP contribution in [0.4, 0.5) is 0 Å². The van der Waals surface area contributed by atoms with Gasteiger partial charge in [0.05, 0.1) is 6.07 Å². The first-order valence-corrected chi connectivity index (χ1v) is 5.05. The van der Waals surface area contributed by atoms with E-state index < -0.39 is 5.41 Å². The third-order valence-corrected chi connectivity index (χ3v) is 2.73. The molecule has 1 rings (SSSR count). The van der Waals surface area contributed by atoms with Gasteiger partial charge in [0.25, 0.3) is 0 Å². The summed E-state index contributed by atoms with van der Waals surface area (Å²) >= 11 is 0. The molecule has 0 bridgehead atoms. The van der Waals surface area contributed by atoms with Crippen molar-refractivity contribution in [1.29, 1.82) is 5.26 Å². The molecule has 2 N–H and O–H groups in total. The summed E-state index contributed by atoms with van der Waals surface area (Å²) in [6.07, 6.45) is 3.81. The van der Waals surface area contributed by atoms with Gasteiger partial charge in [-0.1, -0.05) is 0 Å². The first-order chi connectivity index (χ1) is 6.75. The maximum Gasteiger partial charge on any atom is 0.240 e. The molecule has 14 heavy (non-hydrogen) atoms. The maximum absolute atomic E-state index is 11.5. The number of nitriles is 1. The van der Waals surface area contributed by atoms with Crippen molar-refractivity contribution in [3.05, 3.63) is 0 Å². The van der Waals surface area contributed by atoms with Gasteiger partial charge in [-0.05, 0) is 32.1 Å². The minimum Gasteiger partial charge on any atom is -0.396 e. The van der Waals surface area contributed by atoms with Crippen LogP contribution in [0, 0.1) is 16.7 Å². The van der Waals surface area contributed by atoms with E-state index in [4.69, 9.17) is 10.4 Å². The average Bonchev–Trinajstić information content (AvgIpc) is 2.12. The quantitative estimate of drug-likeness (QED) is 0.631. The lowest BCUT2D eigenvalue weighted by Crippen LogP contribution is -2.44. The molecule has 1 fully saturated rings. The summed E-state index contributed by atoms with van der Waals surface area (Å²) in [6.45, 7) is 0.710. The van der Waals surface area contributed by atoms with Gasteiger partial charge in [0, 0.05) is 13.2 Å². The van der Waals surface area contributed by atoms with Gasteiger partial charge in [-0.15, -0.1) is 0 Å². The molecule has 0 aromatic carbocycles. The highest BCUT2D eigenvalue weighted by Crippen LogP contribution is 2.40. The van der Waals surface area contributed by atoms with E-state index in [9.17, 15) is 4.79 Å². The Labute approximate surface area is 83.9 Å². The molecule has 78 valence electrons. The van der Waals surface area contributed by atoms with Gasteiger partial charge in [-0.2, -0.15) is 5.26 Å². The zero-order valence-electron chi connectivity index (χ0n) is 8.25. The van der Waals surface area contributed by atoms with Crippen molar-refractivity contribution >= 4 is 5.91 Å². The summed E-state index contributed by atoms with van der Waals surface area (Å²) in [5.41, 5.74) is -0.737. The van der Waals surface area contributed by atoms with E-state index in [0.29, 0.717) is 25.8 Å². The molecule has 0 aromatic rings. The Balaban J connectivity index is 2.24. The van der Waals surface area contributed by atoms with Crippen LogP contribution in [0.3, 0.4) is 0 Å². The number of carbonyl (C=O) groups excluding carboxylic acids is 1. The van der Waals surface area contributed by atoms with Crippen LogP contribution >= 0.6 is 0 Å². The zero-order valence-corrected chi connectivity index (χ0v) is 8.25. The van der Waals surface area contributed by atoms with Crippen molar-refractivity contribution in [3.63, 3.8) is 0 Å². The molecule has 4 nitrogen and oxygen atoms in total. The van der Waals surface area contributed by atoms with E-state index >= 15 is 0 Å². The number of carbonyl (C=O) groups is 1. The van der Waals surface area contributed by atoms with Crippen LogP contribution in [-0.2, 0) is 4.79 Å². The van der Waals surface area contributed by atoms with E-state index in [1.807, 2.05) is 0 Å². The Morgan fingerprint density at radius 3 is 2.64 bits per heavy atom. The van der Waals surface area contributed by atoms with E-state index in [1.165, 1.54) is 0 Å². The van der Waals surface area contributed by atoms with Gasteiger partial charge in [0.1, 0.15) is 5.41 Å². The normalized spacial score (nSPS) is 18.0. The molecule has 0 saturated heterocycles. The second-order valence-corrected chi connectivity index (χ2v) is 3.73. The van der Waals surface area contributed by atoms with Crippen molar-refractivity contribution in [2.75, 3.05) is 13.2 Å². The van der Waals surface area contributed by atoms with Crippen molar-refractivity contribution in [1.82, 2.24) is 5.32 Å². The number of hydrogen-bond donors (Lipinski definition) is 2. The van der Waals surface area contributed by atoms with Crippen LogP contribution < -0.4 is 5.32 Å². The second kappa shape index (κ2) is 4.97. The predicted molar refractivity (Wildman–Crippen MR) is 51.2 cm³/mol. The smallest absolute Gasteiger partial charge is 0.240 e. The topological polar surface area (TPSA) is 73.1 Å². The molecule has 1 amide bonds.